The average molecular weight is 200 g/mol. The number of hydrogen-bond acceptors (Lipinski definition) is 3. The third kappa shape index (κ3) is 2.14. The van der Waals surface area contributed by atoms with Crippen LogP contribution in [0.5, 0.6) is 0 Å². The van der Waals surface area contributed by atoms with Gasteiger partial charge in [0.25, 0.3) is 5.39 Å². The van der Waals surface area contributed by atoms with E-state index >= 15 is 0 Å². The average Bonchev–Trinajstić information content (AvgIpc) is 2.05. The Kier molecular flexibility index (Phi) is 2.46. The molecule has 0 heterocycles. The molecule has 0 saturated carbocycles. The highest BCUT2D eigenvalue weighted by Crippen LogP contribution is 2.16. The first-order chi connectivity index (χ1) is 6.05. The number of diazo groups is 1. The van der Waals surface area contributed by atoms with Crippen molar-refractivity contribution < 1.29 is 13.0 Å². The van der Waals surface area contributed by atoms with Gasteiger partial charge in [0.05, 0.1) is 0 Å². The van der Waals surface area contributed by atoms with Gasteiger partial charge in [-0.3, -0.25) is 4.55 Å². The maximum absolute atomic E-state index is 10.6. The van der Waals surface area contributed by atoms with Crippen molar-refractivity contribution in [2.75, 3.05) is 4.41 Å². The Morgan fingerprint density at radius 2 is 1.85 bits per heavy atom. The van der Waals surface area contributed by atoms with Crippen LogP contribution in [0.25, 0.3) is 5.08 Å². The number of anilines is 1. The molecule has 0 spiro atoms. The summed E-state index contributed by atoms with van der Waals surface area (Å²) in [6, 6.07) is 7.47. The summed E-state index contributed by atoms with van der Waals surface area (Å²) in [6.07, 6.45) is 0. The molecule has 7 heteroatoms. The zero-order valence-electron chi connectivity index (χ0n) is 6.40. The van der Waals surface area contributed by atoms with Crippen molar-refractivity contribution in [2.45, 2.75) is 0 Å². The summed E-state index contributed by atoms with van der Waals surface area (Å²) in [4.78, 5) is 0. The Morgan fingerprint density at radius 3 is 2.23 bits per heavy atom. The van der Waals surface area contributed by atoms with Crippen LogP contribution < -0.4 is 4.41 Å². The number of rotatable bonds is 2. The van der Waals surface area contributed by atoms with Crippen LogP contribution in [0.4, 0.5) is 5.69 Å². The lowest BCUT2D eigenvalue weighted by Gasteiger charge is -1.97. The van der Waals surface area contributed by atoms with Crippen molar-refractivity contribution >= 4 is 16.0 Å². The second-order valence-corrected chi connectivity index (χ2v) is 3.39. The van der Waals surface area contributed by atoms with Crippen LogP contribution in [-0.2, 0) is 10.3 Å². The zero-order valence-corrected chi connectivity index (χ0v) is 7.22. The molecule has 1 aromatic carbocycles. The summed E-state index contributed by atoms with van der Waals surface area (Å²) in [5, 5.41) is 10.8. The summed E-state index contributed by atoms with van der Waals surface area (Å²) < 4.78 is 29.9. The summed E-state index contributed by atoms with van der Waals surface area (Å²) in [5.74, 6) is 0. The molecule has 0 unspecified atom stereocenters. The molecule has 0 amide bonds. The monoisotopic (exact) mass is 200 g/mol. The van der Waals surface area contributed by atoms with Gasteiger partial charge in [-0.2, -0.15) is 8.42 Å². The summed E-state index contributed by atoms with van der Waals surface area (Å²) in [7, 11) is -4.55. The molecule has 0 atom stereocenters. The van der Waals surface area contributed by atoms with Crippen molar-refractivity contribution in [1.29, 1.82) is 5.39 Å². The number of para-hydroxylation sites is 1. The molecule has 0 aliphatic carbocycles. The first kappa shape index (κ1) is 9.44. The van der Waals surface area contributed by atoms with Crippen LogP contribution in [0, 0.1) is 5.39 Å². The highest BCUT2D eigenvalue weighted by atomic mass is 32.2. The maximum atomic E-state index is 10.6. The lowest BCUT2D eigenvalue weighted by molar-refractivity contribution is 0.482. The van der Waals surface area contributed by atoms with E-state index in [9.17, 15) is 8.42 Å². The van der Waals surface area contributed by atoms with Gasteiger partial charge in [0.15, 0.2) is 0 Å². The molecule has 1 N–H and O–H groups in total. The lowest BCUT2D eigenvalue weighted by atomic mass is 10.3. The van der Waals surface area contributed by atoms with Gasteiger partial charge in [0.1, 0.15) is 10.1 Å². The van der Waals surface area contributed by atoms with E-state index in [1.54, 1.807) is 18.2 Å². The molecule has 0 aromatic heterocycles. The molecule has 0 aliphatic heterocycles. The third-order valence-electron chi connectivity index (χ3n) is 1.28. The van der Waals surface area contributed by atoms with Crippen molar-refractivity contribution in [1.82, 2.24) is 0 Å². The molecular formula is C6H6N3O3S+. The largest absolute Gasteiger partial charge is 0.426 e. The Hall–Kier alpha value is -1.65. The van der Waals surface area contributed by atoms with E-state index in [4.69, 9.17) is 9.95 Å². The van der Waals surface area contributed by atoms with Gasteiger partial charge in [-0.25, -0.2) is 0 Å². The smallest absolute Gasteiger partial charge is 0.264 e. The molecule has 0 bridgehead atoms. The molecule has 0 fully saturated rings. The number of benzene rings is 1. The molecule has 1 aromatic rings. The molecule has 6 nitrogen and oxygen atoms in total. The highest BCUT2D eigenvalue weighted by molar-refractivity contribution is 7.87. The first-order valence-electron chi connectivity index (χ1n) is 3.23. The van der Waals surface area contributed by atoms with Crippen LogP contribution in [0.2, 0.25) is 0 Å². The van der Waals surface area contributed by atoms with Crippen molar-refractivity contribution in [3.05, 3.63) is 35.4 Å². The second-order valence-electron chi connectivity index (χ2n) is 2.15. The molecule has 68 valence electrons. The van der Waals surface area contributed by atoms with Gasteiger partial charge < -0.3 is 0 Å². The van der Waals surface area contributed by atoms with Crippen LogP contribution >= 0.6 is 0 Å². The Morgan fingerprint density at radius 1 is 1.31 bits per heavy atom. The fourth-order valence-corrected chi connectivity index (χ4v) is 1.27. The summed E-state index contributed by atoms with van der Waals surface area (Å²) in [6.45, 7) is 0. The number of hydrogen-bond donors (Lipinski definition) is 1. The highest BCUT2D eigenvalue weighted by Gasteiger charge is 2.30. The van der Waals surface area contributed by atoms with E-state index in [0.717, 1.165) is 0 Å². The fourth-order valence-electron chi connectivity index (χ4n) is 0.787. The van der Waals surface area contributed by atoms with E-state index in [-0.39, 0.29) is 10.1 Å². The van der Waals surface area contributed by atoms with Crippen molar-refractivity contribution in [3.8, 4) is 0 Å². The summed E-state index contributed by atoms with van der Waals surface area (Å²) in [5.41, 5.74) is 0.0486. The fraction of sp³-hybridized carbons (Fsp3) is 0. The van der Waals surface area contributed by atoms with Gasteiger partial charge in [-0.1, -0.05) is 18.2 Å². The molecular weight excluding hydrogens is 194 g/mol. The second kappa shape index (κ2) is 3.38. The van der Waals surface area contributed by atoms with Gasteiger partial charge in [0, 0.05) is 0 Å². The van der Waals surface area contributed by atoms with E-state index < -0.39 is 10.3 Å². The SMILES string of the molecule is N#[N+]N(c1ccccc1)S(=O)(=O)O. The summed E-state index contributed by atoms with van der Waals surface area (Å²) >= 11 is 0. The molecule has 0 aliphatic rings. The Balaban J connectivity index is 3.16. The van der Waals surface area contributed by atoms with E-state index in [1.807, 2.05) is 0 Å². The first-order valence-corrected chi connectivity index (χ1v) is 4.63. The van der Waals surface area contributed by atoms with Crippen LogP contribution in [0.1, 0.15) is 0 Å². The van der Waals surface area contributed by atoms with Crippen LogP contribution in [0.3, 0.4) is 0 Å². The zero-order chi connectivity index (χ0) is 9.90. The van der Waals surface area contributed by atoms with Gasteiger partial charge in [-0.05, 0) is 12.1 Å². The van der Waals surface area contributed by atoms with Gasteiger partial charge >= 0.3 is 15.4 Å². The quantitative estimate of drug-likeness (QED) is 0.439. The topological polar surface area (TPSA) is 85.8 Å². The van der Waals surface area contributed by atoms with E-state index in [2.05, 4.69) is 5.08 Å². The Bertz CT molecular complexity index is 422. The molecule has 1 rings (SSSR count). The third-order valence-corrected chi connectivity index (χ3v) is 2.00. The predicted molar refractivity (Wildman–Crippen MR) is 45.6 cm³/mol. The normalized spacial score (nSPS) is 10.5. The lowest BCUT2D eigenvalue weighted by Crippen LogP contribution is -2.22. The number of nitrogens with zero attached hydrogens (tertiary/aromatic N) is 3. The van der Waals surface area contributed by atoms with Crippen molar-refractivity contribution in [2.24, 2.45) is 0 Å². The minimum absolute atomic E-state index is 0.0486. The molecule has 13 heavy (non-hydrogen) atoms. The molecule has 0 radical (unpaired) electrons. The van der Waals surface area contributed by atoms with Gasteiger partial charge in [0.2, 0.25) is 0 Å². The minimum Gasteiger partial charge on any atom is -0.264 e. The predicted octanol–water partition coefficient (Wildman–Crippen LogP) is 1.06. The van der Waals surface area contributed by atoms with Crippen LogP contribution in [0.15, 0.2) is 30.3 Å². The van der Waals surface area contributed by atoms with Crippen LogP contribution in [-0.4, -0.2) is 13.0 Å². The Labute approximate surface area is 74.9 Å². The molecule has 0 saturated heterocycles. The maximum Gasteiger partial charge on any atom is 0.426 e. The van der Waals surface area contributed by atoms with E-state index in [0.29, 0.717) is 0 Å². The van der Waals surface area contributed by atoms with Crippen molar-refractivity contribution in [3.63, 3.8) is 0 Å². The van der Waals surface area contributed by atoms with E-state index in [1.165, 1.54) is 12.1 Å². The van der Waals surface area contributed by atoms with Gasteiger partial charge in [-0.15, -0.1) is 0 Å². The standard InChI is InChI=1S/C6H5N3O3S/c7-8-9(13(10,11)12)6-4-2-1-3-5-6/h1-5H/p+1. The minimum atomic E-state index is -4.55.